The lowest BCUT2D eigenvalue weighted by Crippen LogP contribution is -2.33. The molecule has 37 heavy (non-hydrogen) atoms. The van der Waals surface area contributed by atoms with Crippen LogP contribution in [0.4, 0.5) is 5.95 Å². The lowest BCUT2D eigenvalue weighted by Gasteiger charge is -2.30. The van der Waals surface area contributed by atoms with E-state index in [1.54, 1.807) is 22.8 Å². The molecule has 1 saturated carbocycles. The Hall–Kier alpha value is -3.47. The number of nitrogens with zero attached hydrogens (tertiary/aromatic N) is 6. The number of hydrogen-bond donors (Lipinski definition) is 1. The second kappa shape index (κ2) is 10.9. The predicted octanol–water partition coefficient (Wildman–Crippen LogP) is 3.26. The second-order valence-corrected chi connectivity index (χ2v) is 11.0. The lowest BCUT2D eigenvalue weighted by atomic mass is 9.75. The third-order valence-electron chi connectivity index (χ3n) is 6.30. The highest BCUT2D eigenvalue weighted by molar-refractivity contribution is 7.93. The van der Waals surface area contributed by atoms with Crippen molar-refractivity contribution in [3.8, 4) is 23.3 Å². The van der Waals surface area contributed by atoms with Crippen LogP contribution in [0.25, 0.3) is 5.69 Å². The van der Waals surface area contributed by atoms with Crippen LogP contribution in [0.5, 0.6) is 11.5 Å². The summed E-state index contributed by atoms with van der Waals surface area (Å²) in [7, 11) is 0.255. The maximum Gasteiger partial charge on any atom is 0.243 e. The summed E-state index contributed by atoms with van der Waals surface area (Å²) in [6.45, 7) is 1.48. The smallest absolute Gasteiger partial charge is 0.243 e. The fourth-order valence-corrected chi connectivity index (χ4v) is 5.42. The number of sulfonamides is 1. The van der Waals surface area contributed by atoms with Crippen LogP contribution in [0.3, 0.4) is 0 Å². The van der Waals surface area contributed by atoms with Gasteiger partial charge in [0.25, 0.3) is 0 Å². The first-order chi connectivity index (χ1) is 17.7. The number of benzene rings is 1. The fraction of sp³-hybridized carbons (Fsp3) is 0.435. The quantitative estimate of drug-likeness (QED) is 0.400. The number of hydrogen-bond acceptors (Lipinski definition) is 10. The molecule has 1 N–H and O–H groups in total. The molecule has 1 fully saturated rings. The molecular formula is C23H26ClN7O5S. The molecule has 0 aliphatic heterocycles. The van der Waals surface area contributed by atoms with E-state index < -0.39 is 21.4 Å². The van der Waals surface area contributed by atoms with E-state index in [0.717, 1.165) is 0 Å². The van der Waals surface area contributed by atoms with Gasteiger partial charge in [0, 0.05) is 31.3 Å². The average molecular weight is 548 g/mol. The molecule has 196 valence electrons. The number of ether oxygens (including phenoxy) is 3. The number of nitriles is 1. The van der Waals surface area contributed by atoms with Crippen molar-refractivity contribution in [1.29, 1.82) is 5.26 Å². The van der Waals surface area contributed by atoms with E-state index in [-0.39, 0.29) is 23.6 Å². The van der Waals surface area contributed by atoms with E-state index in [9.17, 15) is 13.7 Å². The molecule has 2 heterocycles. The van der Waals surface area contributed by atoms with E-state index in [2.05, 4.69) is 31.0 Å². The molecule has 0 spiro atoms. The molecule has 14 heteroatoms. The molecule has 1 aliphatic rings. The van der Waals surface area contributed by atoms with Crippen LogP contribution in [-0.2, 0) is 14.8 Å². The van der Waals surface area contributed by atoms with Gasteiger partial charge >= 0.3 is 0 Å². The highest BCUT2D eigenvalue weighted by Crippen LogP contribution is 2.44. The summed E-state index contributed by atoms with van der Waals surface area (Å²) < 4.78 is 47.8. The Kier molecular flexibility index (Phi) is 7.82. The first kappa shape index (κ1) is 26.6. The van der Waals surface area contributed by atoms with Gasteiger partial charge in [-0.1, -0.05) is 17.7 Å². The Morgan fingerprint density at radius 1 is 1.14 bits per heavy atom. The topological polar surface area (TPSA) is 154 Å². The lowest BCUT2D eigenvalue weighted by molar-refractivity contribution is 0.0950. The molecular weight excluding hydrogens is 522 g/mol. The minimum absolute atomic E-state index is 0.0584. The van der Waals surface area contributed by atoms with Gasteiger partial charge in [-0.3, -0.25) is 9.29 Å². The van der Waals surface area contributed by atoms with Crippen LogP contribution in [-0.4, -0.2) is 59.7 Å². The van der Waals surface area contributed by atoms with Gasteiger partial charge in [-0.05, 0) is 31.9 Å². The Morgan fingerprint density at radius 2 is 1.76 bits per heavy atom. The number of methoxy groups -OCH3 is 3. The Balaban J connectivity index is 1.76. The van der Waals surface area contributed by atoms with Crippen LogP contribution in [0.2, 0.25) is 5.02 Å². The van der Waals surface area contributed by atoms with E-state index in [4.69, 9.17) is 25.8 Å². The van der Waals surface area contributed by atoms with Crippen LogP contribution in [0.15, 0.2) is 30.6 Å². The minimum atomic E-state index is -4.11. The van der Waals surface area contributed by atoms with Gasteiger partial charge in [-0.2, -0.15) is 5.26 Å². The minimum Gasteiger partial charge on any atom is -0.494 e. The van der Waals surface area contributed by atoms with Gasteiger partial charge in [-0.15, -0.1) is 10.2 Å². The van der Waals surface area contributed by atoms with Crippen LogP contribution in [0.1, 0.15) is 43.4 Å². The fourth-order valence-electron chi connectivity index (χ4n) is 4.19. The van der Waals surface area contributed by atoms with Crippen molar-refractivity contribution in [2.24, 2.45) is 5.92 Å². The van der Waals surface area contributed by atoms with Crippen molar-refractivity contribution in [3.63, 3.8) is 0 Å². The van der Waals surface area contributed by atoms with Gasteiger partial charge in [0.05, 0.1) is 25.3 Å². The molecule has 2 aromatic heterocycles. The summed E-state index contributed by atoms with van der Waals surface area (Å²) in [5.74, 6) is 1.24. The Morgan fingerprint density at radius 3 is 2.30 bits per heavy atom. The molecule has 2 atom stereocenters. The van der Waals surface area contributed by atoms with Crippen molar-refractivity contribution in [2.75, 3.05) is 26.1 Å². The third kappa shape index (κ3) is 5.18. The zero-order valence-electron chi connectivity index (χ0n) is 20.6. The molecule has 0 saturated heterocycles. The van der Waals surface area contributed by atoms with Crippen molar-refractivity contribution in [2.45, 2.75) is 37.0 Å². The average Bonchev–Trinajstić information content (AvgIpc) is 3.25. The van der Waals surface area contributed by atoms with Crippen LogP contribution < -0.4 is 14.2 Å². The predicted molar refractivity (Wildman–Crippen MR) is 134 cm³/mol. The number of rotatable bonds is 10. The normalized spacial score (nSPS) is 18.8. The number of anilines is 1. The van der Waals surface area contributed by atoms with Gasteiger partial charge in [0.2, 0.25) is 16.0 Å². The molecule has 3 aromatic rings. The van der Waals surface area contributed by atoms with Crippen molar-refractivity contribution >= 4 is 27.6 Å². The van der Waals surface area contributed by atoms with Crippen LogP contribution in [0, 0.1) is 17.2 Å². The summed E-state index contributed by atoms with van der Waals surface area (Å²) in [6, 6.07) is 7.45. The molecule has 4 rings (SSSR count). The maximum atomic E-state index is 13.5. The standard InChI is InChI=1S/C23H26ClN7O5S/c1-13(20(36-4)21-26-11-16(24)12-27-21)37(32,33)30-23-29-28-22(15-8-14(9-15)10-25)31(23)19-17(34-2)6-5-7-18(19)35-3/h5-7,11-15,20H,8-9H2,1-4H3,(H,29,30)/t13-,14-,15+,20-/m0/s1. The third-order valence-corrected chi connectivity index (χ3v) is 8.19. The summed E-state index contributed by atoms with van der Waals surface area (Å²) in [6.07, 6.45) is 2.90. The van der Waals surface area contributed by atoms with Crippen LogP contribution >= 0.6 is 11.6 Å². The van der Waals surface area contributed by atoms with Gasteiger partial charge < -0.3 is 14.2 Å². The molecule has 0 unspecified atom stereocenters. The first-order valence-corrected chi connectivity index (χ1v) is 13.2. The molecule has 1 aromatic carbocycles. The molecule has 1 aliphatic carbocycles. The van der Waals surface area contributed by atoms with Gasteiger partial charge in [0.15, 0.2) is 5.82 Å². The molecule has 0 amide bonds. The van der Waals surface area contributed by atoms with Gasteiger partial charge in [0.1, 0.15) is 34.4 Å². The summed E-state index contributed by atoms with van der Waals surface area (Å²) >= 11 is 5.87. The van der Waals surface area contributed by atoms with Crippen molar-refractivity contribution in [1.82, 2.24) is 24.7 Å². The molecule has 0 radical (unpaired) electrons. The Bertz CT molecular complexity index is 1380. The summed E-state index contributed by atoms with van der Waals surface area (Å²) in [5, 5.41) is 16.9. The zero-order valence-corrected chi connectivity index (χ0v) is 22.2. The number of para-hydroxylation sites is 1. The first-order valence-electron chi connectivity index (χ1n) is 11.3. The summed E-state index contributed by atoms with van der Waals surface area (Å²) in [4.78, 5) is 8.22. The van der Waals surface area contributed by atoms with E-state index in [1.807, 2.05) is 0 Å². The Labute approximate surface area is 219 Å². The maximum absolute atomic E-state index is 13.5. The van der Waals surface area contributed by atoms with Crippen molar-refractivity contribution < 1.29 is 22.6 Å². The highest BCUT2D eigenvalue weighted by Gasteiger charge is 2.38. The second-order valence-electron chi connectivity index (χ2n) is 8.49. The number of nitrogens with one attached hydrogen (secondary N) is 1. The molecule has 0 bridgehead atoms. The van der Waals surface area contributed by atoms with E-state index >= 15 is 0 Å². The number of halogens is 1. The van der Waals surface area contributed by atoms with Crippen molar-refractivity contribution in [3.05, 3.63) is 47.3 Å². The van der Waals surface area contributed by atoms with E-state index in [0.29, 0.717) is 40.9 Å². The monoisotopic (exact) mass is 547 g/mol. The van der Waals surface area contributed by atoms with Gasteiger partial charge in [-0.25, -0.2) is 18.4 Å². The highest BCUT2D eigenvalue weighted by atomic mass is 35.5. The zero-order chi connectivity index (χ0) is 26.7. The SMILES string of the molecule is COc1cccc(OC)c1-n1c(NS(=O)(=O)[C@@H](C)[C@H](OC)c2ncc(Cl)cn2)nnc1[C@H]1C[C@@H](C#N)C1. The summed E-state index contributed by atoms with van der Waals surface area (Å²) in [5.41, 5.74) is 0.433. The molecule has 12 nitrogen and oxygen atoms in total. The van der Waals surface area contributed by atoms with E-state index in [1.165, 1.54) is 40.6 Å². The number of aromatic nitrogens is 5. The largest absolute Gasteiger partial charge is 0.494 e.